The summed E-state index contributed by atoms with van der Waals surface area (Å²) in [6.07, 6.45) is 0.605. The average Bonchev–Trinajstić information content (AvgIpc) is 2.79. The second-order valence-corrected chi connectivity index (χ2v) is 6.19. The summed E-state index contributed by atoms with van der Waals surface area (Å²) >= 11 is 0. The van der Waals surface area contributed by atoms with Gasteiger partial charge in [0.05, 0.1) is 22.1 Å². The topological polar surface area (TPSA) is 104 Å². The molecule has 0 saturated heterocycles. The number of para-hydroxylation sites is 1. The average molecular weight is 347 g/mol. The molecule has 8 nitrogen and oxygen atoms in total. The fraction of sp³-hybridized carbons (Fsp3) is 0.412. The van der Waals surface area contributed by atoms with Crippen molar-refractivity contribution in [3.05, 3.63) is 51.3 Å². The van der Waals surface area contributed by atoms with E-state index in [1.165, 1.54) is 30.0 Å². The van der Waals surface area contributed by atoms with Crippen LogP contribution in [0.3, 0.4) is 0 Å². The molecular formula is C17H21N3O5. The highest BCUT2D eigenvalue weighted by atomic mass is 16.6. The van der Waals surface area contributed by atoms with Crippen LogP contribution in [0.5, 0.6) is 0 Å². The lowest BCUT2D eigenvalue weighted by Gasteiger charge is -2.26. The van der Waals surface area contributed by atoms with Crippen LogP contribution in [0.15, 0.2) is 35.6 Å². The zero-order valence-corrected chi connectivity index (χ0v) is 14.4. The lowest BCUT2D eigenvalue weighted by Crippen LogP contribution is -2.33. The zero-order valence-electron chi connectivity index (χ0n) is 14.4. The van der Waals surface area contributed by atoms with Gasteiger partial charge in [0.2, 0.25) is 0 Å². The summed E-state index contributed by atoms with van der Waals surface area (Å²) in [7, 11) is 3.78. The third-order valence-electron chi connectivity index (χ3n) is 4.12. The largest absolute Gasteiger partial charge is 0.503 e. The Balaban J connectivity index is 2.49. The predicted octanol–water partition coefficient (Wildman–Crippen LogP) is 1.83. The molecule has 0 fully saturated rings. The molecule has 134 valence electrons. The standard InChI is InChI=1S/C17H21N3O5/c1-11(21)14-15(12-7-4-5-8-13(12)20(24)25)19(17(23)16(14)22)10-6-9-18(2)3/h4-5,7-8,15,22H,6,9-10H2,1-3H3. The van der Waals surface area contributed by atoms with Crippen molar-refractivity contribution in [2.45, 2.75) is 19.4 Å². The Morgan fingerprint density at radius 2 is 2.00 bits per heavy atom. The van der Waals surface area contributed by atoms with Crippen molar-refractivity contribution in [2.24, 2.45) is 0 Å². The van der Waals surface area contributed by atoms with Crippen molar-refractivity contribution in [3.8, 4) is 0 Å². The van der Waals surface area contributed by atoms with Gasteiger partial charge in [-0.05, 0) is 40.1 Å². The van der Waals surface area contributed by atoms with E-state index in [0.717, 1.165) is 0 Å². The van der Waals surface area contributed by atoms with E-state index in [1.807, 2.05) is 19.0 Å². The fourth-order valence-electron chi connectivity index (χ4n) is 3.01. The highest BCUT2D eigenvalue weighted by molar-refractivity contribution is 6.08. The van der Waals surface area contributed by atoms with E-state index in [4.69, 9.17) is 0 Å². The minimum absolute atomic E-state index is 0.0934. The molecule has 1 amide bonds. The molecule has 0 aromatic heterocycles. The van der Waals surface area contributed by atoms with Crippen molar-refractivity contribution >= 4 is 17.4 Å². The molecule has 0 bridgehead atoms. The number of nitro groups is 1. The van der Waals surface area contributed by atoms with Crippen LogP contribution in [0.4, 0.5) is 5.69 Å². The highest BCUT2D eigenvalue weighted by Crippen LogP contribution is 2.41. The summed E-state index contributed by atoms with van der Waals surface area (Å²) in [5, 5.41) is 21.5. The zero-order chi connectivity index (χ0) is 18.7. The molecule has 1 aliphatic rings. The Hall–Kier alpha value is -2.74. The molecule has 0 radical (unpaired) electrons. The maximum Gasteiger partial charge on any atom is 0.290 e. The number of amides is 1. The summed E-state index contributed by atoms with van der Waals surface area (Å²) in [5.41, 5.74) is -0.0598. The van der Waals surface area contributed by atoms with E-state index in [-0.39, 0.29) is 23.4 Å². The van der Waals surface area contributed by atoms with Crippen LogP contribution in [-0.2, 0) is 9.59 Å². The number of nitro benzene ring substituents is 1. The summed E-state index contributed by atoms with van der Waals surface area (Å²) in [6, 6.07) is 5.01. The van der Waals surface area contributed by atoms with Gasteiger partial charge in [-0.1, -0.05) is 12.1 Å². The Bertz CT molecular complexity index is 742. The molecule has 1 N–H and O–H groups in total. The molecule has 0 spiro atoms. The minimum atomic E-state index is -0.950. The van der Waals surface area contributed by atoms with Crippen molar-refractivity contribution in [1.29, 1.82) is 0 Å². The smallest absolute Gasteiger partial charge is 0.290 e. The van der Waals surface area contributed by atoms with Gasteiger partial charge in [-0.2, -0.15) is 0 Å². The SMILES string of the molecule is CC(=O)C1=C(O)C(=O)N(CCCN(C)C)C1c1ccccc1[N+](=O)[O-]. The number of aliphatic hydroxyl groups excluding tert-OH is 1. The first kappa shape index (κ1) is 18.6. The van der Waals surface area contributed by atoms with Gasteiger partial charge < -0.3 is 14.9 Å². The van der Waals surface area contributed by atoms with Crippen LogP contribution in [-0.4, -0.2) is 58.7 Å². The van der Waals surface area contributed by atoms with Crippen molar-refractivity contribution in [1.82, 2.24) is 9.80 Å². The van der Waals surface area contributed by atoms with Gasteiger partial charge in [0.1, 0.15) is 0 Å². The van der Waals surface area contributed by atoms with Crippen molar-refractivity contribution < 1.29 is 19.6 Å². The van der Waals surface area contributed by atoms with E-state index < -0.39 is 28.4 Å². The molecule has 0 aliphatic carbocycles. The second kappa shape index (κ2) is 7.43. The maximum atomic E-state index is 12.4. The van der Waals surface area contributed by atoms with Gasteiger partial charge in [-0.15, -0.1) is 0 Å². The van der Waals surface area contributed by atoms with E-state index >= 15 is 0 Å². The summed E-state index contributed by atoms with van der Waals surface area (Å²) < 4.78 is 0. The Kier molecular flexibility index (Phi) is 5.53. The van der Waals surface area contributed by atoms with Crippen LogP contribution < -0.4 is 0 Å². The monoisotopic (exact) mass is 347 g/mol. The number of aliphatic hydroxyl groups is 1. The number of rotatable bonds is 7. The number of carbonyl (C=O) groups is 2. The van der Waals surface area contributed by atoms with Crippen molar-refractivity contribution in [3.63, 3.8) is 0 Å². The number of Topliss-reactive ketones (excluding diaryl/α,β-unsaturated/α-hetero) is 1. The Morgan fingerprint density at radius 1 is 1.36 bits per heavy atom. The quantitative estimate of drug-likeness (QED) is 0.596. The molecule has 1 aromatic rings. The lowest BCUT2D eigenvalue weighted by atomic mass is 9.95. The van der Waals surface area contributed by atoms with Gasteiger partial charge >= 0.3 is 0 Å². The molecule has 1 atom stereocenters. The number of hydrogen-bond donors (Lipinski definition) is 1. The minimum Gasteiger partial charge on any atom is -0.503 e. The summed E-state index contributed by atoms with van der Waals surface area (Å²) in [6.45, 7) is 2.21. The van der Waals surface area contributed by atoms with Crippen LogP contribution in [0.1, 0.15) is 24.9 Å². The maximum absolute atomic E-state index is 12.4. The second-order valence-electron chi connectivity index (χ2n) is 6.19. The molecule has 25 heavy (non-hydrogen) atoms. The van der Waals surface area contributed by atoms with Crippen molar-refractivity contribution in [2.75, 3.05) is 27.2 Å². The molecule has 1 aliphatic heterocycles. The molecule has 1 heterocycles. The first-order valence-corrected chi connectivity index (χ1v) is 7.88. The van der Waals surface area contributed by atoms with Gasteiger partial charge in [0, 0.05) is 12.6 Å². The Morgan fingerprint density at radius 3 is 2.56 bits per heavy atom. The Labute approximate surface area is 145 Å². The van der Waals surface area contributed by atoms with E-state index in [9.17, 15) is 24.8 Å². The van der Waals surface area contributed by atoms with Gasteiger partial charge in [-0.25, -0.2) is 0 Å². The number of hydrogen-bond acceptors (Lipinski definition) is 6. The van der Waals surface area contributed by atoms with E-state index in [0.29, 0.717) is 13.0 Å². The highest BCUT2D eigenvalue weighted by Gasteiger charge is 2.44. The summed E-state index contributed by atoms with van der Waals surface area (Å²) in [5.74, 6) is -1.78. The number of nitrogens with zero attached hydrogens (tertiary/aromatic N) is 3. The van der Waals surface area contributed by atoms with E-state index in [2.05, 4.69) is 0 Å². The lowest BCUT2D eigenvalue weighted by molar-refractivity contribution is -0.385. The number of benzene rings is 1. The molecule has 2 rings (SSSR count). The third-order valence-corrected chi connectivity index (χ3v) is 4.12. The third kappa shape index (κ3) is 3.69. The van der Waals surface area contributed by atoms with Crippen LogP contribution >= 0.6 is 0 Å². The molecular weight excluding hydrogens is 326 g/mol. The molecule has 0 saturated carbocycles. The van der Waals surface area contributed by atoms with Gasteiger partial charge in [-0.3, -0.25) is 19.7 Å². The van der Waals surface area contributed by atoms with Crippen LogP contribution in [0.2, 0.25) is 0 Å². The number of carbonyl (C=O) groups excluding carboxylic acids is 2. The predicted molar refractivity (Wildman–Crippen MR) is 91.1 cm³/mol. The molecule has 1 unspecified atom stereocenters. The van der Waals surface area contributed by atoms with E-state index in [1.54, 1.807) is 6.07 Å². The normalized spacial score (nSPS) is 17.5. The fourth-order valence-corrected chi connectivity index (χ4v) is 3.01. The number of ketones is 1. The van der Waals surface area contributed by atoms with Gasteiger partial charge in [0.15, 0.2) is 11.5 Å². The molecule has 8 heteroatoms. The van der Waals surface area contributed by atoms with Crippen LogP contribution in [0.25, 0.3) is 0 Å². The first-order valence-electron chi connectivity index (χ1n) is 7.88. The van der Waals surface area contributed by atoms with Gasteiger partial charge in [0.25, 0.3) is 11.6 Å². The molecule has 1 aromatic carbocycles. The van der Waals surface area contributed by atoms with Crippen LogP contribution in [0, 0.1) is 10.1 Å². The first-order chi connectivity index (χ1) is 11.8. The summed E-state index contributed by atoms with van der Waals surface area (Å²) in [4.78, 5) is 38.5.